The fraction of sp³-hybridized carbons (Fsp3) is 0.636. The van der Waals surface area contributed by atoms with Crippen LogP contribution in [-0.4, -0.2) is 28.8 Å². The third-order valence-corrected chi connectivity index (χ3v) is 2.92. The molecule has 0 bridgehead atoms. The molecule has 16 heavy (non-hydrogen) atoms. The van der Waals surface area contributed by atoms with E-state index >= 15 is 0 Å². The normalized spacial score (nSPS) is 14.9. The topological polar surface area (TPSA) is 49.8 Å². The van der Waals surface area contributed by atoms with Crippen LogP contribution in [0.3, 0.4) is 0 Å². The maximum Gasteiger partial charge on any atom is 0.191 e. The Kier molecular flexibility index (Phi) is 3.88. The third kappa shape index (κ3) is 3.27. The van der Waals surface area contributed by atoms with Gasteiger partial charge in [0.25, 0.3) is 0 Å². The van der Waals surface area contributed by atoms with Crippen molar-refractivity contribution in [3.63, 3.8) is 0 Å². The van der Waals surface area contributed by atoms with E-state index in [0.717, 1.165) is 29.8 Å². The molecule has 5 heteroatoms. The highest BCUT2D eigenvalue weighted by Gasteiger charge is 2.21. The first-order chi connectivity index (χ1) is 7.81. The lowest BCUT2D eigenvalue weighted by atomic mass is 10.4. The number of rotatable bonds is 6. The molecule has 1 aliphatic carbocycles. The van der Waals surface area contributed by atoms with Gasteiger partial charge in [-0.2, -0.15) is 0 Å². The predicted molar refractivity (Wildman–Crippen MR) is 69.2 cm³/mol. The van der Waals surface area contributed by atoms with Crippen LogP contribution in [0.5, 0.6) is 0 Å². The number of hydrogen-bond acceptors (Lipinski definition) is 5. The SMILES string of the molecule is CCCNc1cc(NC2CC2)nc(SC)n1. The number of nitrogens with zero attached hydrogens (tertiary/aromatic N) is 2. The quantitative estimate of drug-likeness (QED) is 0.589. The van der Waals surface area contributed by atoms with Crippen molar-refractivity contribution in [1.82, 2.24) is 9.97 Å². The monoisotopic (exact) mass is 238 g/mol. The fourth-order valence-corrected chi connectivity index (χ4v) is 1.75. The van der Waals surface area contributed by atoms with Gasteiger partial charge in [0.2, 0.25) is 0 Å². The van der Waals surface area contributed by atoms with Crippen LogP contribution in [0.4, 0.5) is 11.6 Å². The molecule has 88 valence electrons. The molecule has 1 aromatic heterocycles. The van der Waals surface area contributed by atoms with Crippen LogP contribution in [0.15, 0.2) is 11.2 Å². The summed E-state index contributed by atoms with van der Waals surface area (Å²) in [5.41, 5.74) is 0. The molecule has 0 unspecified atom stereocenters. The van der Waals surface area contributed by atoms with E-state index in [0.29, 0.717) is 6.04 Å². The Morgan fingerprint density at radius 1 is 1.38 bits per heavy atom. The van der Waals surface area contributed by atoms with Gasteiger partial charge in [-0.1, -0.05) is 18.7 Å². The first kappa shape index (κ1) is 11.5. The van der Waals surface area contributed by atoms with Crippen molar-refractivity contribution in [3.05, 3.63) is 6.07 Å². The van der Waals surface area contributed by atoms with Crippen LogP contribution in [-0.2, 0) is 0 Å². The molecule has 0 spiro atoms. The third-order valence-electron chi connectivity index (χ3n) is 2.37. The summed E-state index contributed by atoms with van der Waals surface area (Å²) >= 11 is 1.58. The van der Waals surface area contributed by atoms with Gasteiger partial charge < -0.3 is 10.6 Å². The molecule has 1 fully saturated rings. The van der Waals surface area contributed by atoms with E-state index in [-0.39, 0.29) is 0 Å². The second kappa shape index (κ2) is 5.39. The van der Waals surface area contributed by atoms with Crippen molar-refractivity contribution in [2.24, 2.45) is 0 Å². The second-order valence-electron chi connectivity index (χ2n) is 3.97. The average molecular weight is 238 g/mol. The summed E-state index contributed by atoms with van der Waals surface area (Å²) in [6.45, 7) is 3.10. The highest BCUT2D eigenvalue weighted by Crippen LogP contribution is 2.25. The van der Waals surface area contributed by atoms with Crippen molar-refractivity contribution < 1.29 is 0 Å². The van der Waals surface area contributed by atoms with Gasteiger partial charge in [0, 0.05) is 18.7 Å². The smallest absolute Gasteiger partial charge is 0.191 e. The predicted octanol–water partition coefficient (Wildman–Crippen LogP) is 2.59. The average Bonchev–Trinajstić information content (AvgIpc) is 3.10. The molecule has 1 heterocycles. The molecule has 0 radical (unpaired) electrons. The molecule has 1 saturated carbocycles. The molecule has 0 aliphatic heterocycles. The van der Waals surface area contributed by atoms with Crippen LogP contribution < -0.4 is 10.6 Å². The minimum atomic E-state index is 0.628. The van der Waals surface area contributed by atoms with Gasteiger partial charge in [0.15, 0.2) is 5.16 Å². The lowest BCUT2D eigenvalue weighted by molar-refractivity contribution is 0.921. The Morgan fingerprint density at radius 2 is 2.12 bits per heavy atom. The van der Waals surface area contributed by atoms with E-state index in [1.165, 1.54) is 12.8 Å². The highest BCUT2D eigenvalue weighted by atomic mass is 32.2. The van der Waals surface area contributed by atoms with Crippen LogP contribution in [0.2, 0.25) is 0 Å². The molecular weight excluding hydrogens is 220 g/mol. The molecular formula is C11H18N4S. The first-order valence-electron chi connectivity index (χ1n) is 5.75. The molecule has 0 atom stereocenters. The van der Waals surface area contributed by atoms with Crippen molar-refractivity contribution in [2.45, 2.75) is 37.4 Å². The standard InChI is InChI=1S/C11H18N4S/c1-3-6-12-9-7-10(13-8-4-5-8)15-11(14-9)16-2/h7-8H,3-6H2,1-2H3,(H2,12,13,14,15). The summed E-state index contributed by atoms with van der Waals surface area (Å²) in [4.78, 5) is 8.86. The maximum atomic E-state index is 4.44. The van der Waals surface area contributed by atoms with E-state index in [9.17, 15) is 0 Å². The minimum absolute atomic E-state index is 0.628. The van der Waals surface area contributed by atoms with E-state index < -0.39 is 0 Å². The van der Waals surface area contributed by atoms with Crippen LogP contribution in [0.25, 0.3) is 0 Å². The number of hydrogen-bond donors (Lipinski definition) is 2. The van der Waals surface area contributed by atoms with Gasteiger partial charge in [-0.05, 0) is 25.5 Å². The van der Waals surface area contributed by atoms with Crippen LogP contribution in [0.1, 0.15) is 26.2 Å². The summed E-state index contributed by atoms with van der Waals surface area (Å²) in [6.07, 6.45) is 5.62. The molecule has 1 aliphatic rings. The zero-order chi connectivity index (χ0) is 11.4. The number of nitrogens with one attached hydrogen (secondary N) is 2. The van der Waals surface area contributed by atoms with E-state index in [2.05, 4.69) is 27.5 Å². The molecule has 0 amide bonds. The minimum Gasteiger partial charge on any atom is -0.370 e. The van der Waals surface area contributed by atoms with Gasteiger partial charge in [0.05, 0.1) is 0 Å². The zero-order valence-corrected chi connectivity index (χ0v) is 10.6. The molecule has 2 N–H and O–H groups in total. The van der Waals surface area contributed by atoms with E-state index in [1.807, 2.05) is 12.3 Å². The Bertz CT molecular complexity index is 352. The van der Waals surface area contributed by atoms with E-state index in [4.69, 9.17) is 0 Å². The summed E-state index contributed by atoms with van der Waals surface area (Å²) < 4.78 is 0. The van der Waals surface area contributed by atoms with Gasteiger partial charge in [0.1, 0.15) is 11.6 Å². The fourth-order valence-electron chi connectivity index (χ4n) is 1.37. The molecule has 0 aromatic carbocycles. The second-order valence-corrected chi connectivity index (χ2v) is 4.74. The van der Waals surface area contributed by atoms with Gasteiger partial charge in [-0.15, -0.1) is 0 Å². The van der Waals surface area contributed by atoms with Crippen molar-refractivity contribution >= 4 is 23.4 Å². The first-order valence-corrected chi connectivity index (χ1v) is 6.97. The Labute approximate surface area is 101 Å². The van der Waals surface area contributed by atoms with Crippen molar-refractivity contribution in [2.75, 3.05) is 23.4 Å². The van der Waals surface area contributed by atoms with Crippen molar-refractivity contribution in [1.29, 1.82) is 0 Å². The van der Waals surface area contributed by atoms with Gasteiger partial charge in [-0.25, -0.2) is 9.97 Å². The molecule has 1 aromatic rings. The lowest BCUT2D eigenvalue weighted by Gasteiger charge is -2.09. The lowest BCUT2D eigenvalue weighted by Crippen LogP contribution is -2.08. The van der Waals surface area contributed by atoms with E-state index in [1.54, 1.807) is 11.8 Å². The molecule has 4 nitrogen and oxygen atoms in total. The number of anilines is 2. The van der Waals surface area contributed by atoms with Crippen LogP contribution in [0, 0.1) is 0 Å². The number of aromatic nitrogens is 2. The van der Waals surface area contributed by atoms with Crippen molar-refractivity contribution in [3.8, 4) is 0 Å². The maximum absolute atomic E-state index is 4.44. The number of thioether (sulfide) groups is 1. The molecule has 0 saturated heterocycles. The van der Waals surface area contributed by atoms with Gasteiger partial charge in [-0.3, -0.25) is 0 Å². The van der Waals surface area contributed by atoms with Crippen LogP contribution >= 0.6 is 11.8 Å². The Hall–Kier alpha value is -0.970. The summed E-state index contributed by atoms with van der Waals surface area (Å²) in [7, 11) is 0. The largest absolute Gasteiger partial charge is 0.370 e. The zero-order valence-electron chi connectivity index (χ0n) is 9.79. The van der Waals surface area contributed by atoms with Gasteiger partial charge >= 0.3 is 0 Å². The summed E-state index contributed by atoms with van der Waals surface area (Å²) in [5.74, 6) is 1.87. The Balaban J connectivity index is 2.09. The summed E-state index contributed by atoms with van der Waals surface area (Å²) in [5, 5.41) is 7.52. The molecule has 2 rings (SSSR count). The highest BCUT2D eigenvalue weighted by molar-refractivity contribution is 7.98. The Morgan fingerprint density at radius 3 is 2.75 bits per heavy atom. The summed E-state index contributed by atoms with van der Waals surface area (Å²) in [6, 6.07) is 2.62.